The monoisotopic (exact) mass is 372 g/mol. The molecule has 1 amide bonds. The summed E-state index contributed by atoms with van der Waals surface area (Å²) in [6.45, 7) is 9.60. The summed E-state index contributed by atoms with van der Waals surface area (Å²) >= 11 is 0. The Morgan fingerprint density at radius 3 is 2.23 bits per heavy atom. The lowest BCUT2D eigenvalue weighted by atomic mass is 9.80. The van der Waals surface area contributed by atoms with Crippen molar-refractivity contribution in [3.63, 3.8) is 0 Å². The number of aliphatic hydroxyl groups is 1. The molecule has 0 aromatic rings. The smallest absolute Gasteiger partial charge is 0.407 e. The lowest BCUT2D eigenvalue weighted by Gasteiger charge is -2.36. The molecule has 5 atom stereocenters. The van der Waals surface area contributed by atoms with Crippen molar-refractivity contribution in [3.05, 3.63) is 0 Å². The summed E-state index contributed by atoms with van der Waals surface area (Å²) in [5.41, 5.74) is -0.615. The number of carbonyl (C=O) groups is 2. The van der Waals surface area contributed by atoms with Crippen molar-refractivity contribution < 1.29 is 24.2 Å². The van der Waals surface area contributed by atoms with Crippen molar-refractivity contribution in [1.29, 1.82) is 0 Å². The number of ether oxygens (including phenoxy) is 2. The number of methoxy groups -OCH3 is 1. The molecule has 0 heterocycles. The van der Waals surface area contributed by atoms with Crippen LogP contribution >= 0.6 is 0 Å². The number of carbonyl (C=O) groups excluding carboxylic acids is 2. The highest BCUT2D eigenvalue weighted by atomic mass is 16.6. The maximum atomic E-state index is 12.3. The van der Waals surface area contributed by atoms with Crippen LogP contribution in [0.3, 0.4) is 0 Å². The summed E-state index contributed by atoms with van der Waals surface area (Å²) in [5.74, 6) is -1.09. The van der Waals surface area contributed by atoms with Gasteiger partial charge in [0.05, 0.1) is 19.1 Å². The van der Waals surface area contributed by atoms with Crippen LogP contribution in [0.1, 0.15) is 53.9 Å². The molecule has 1 fully saturated rings. The minimum absolute atomic E-state index is 0.0328. The second-order valence-electron chi connectivity index (χ2n) is 8.08. The van der Waals surface area contributed by atoms with Gasteiger partial charge in [-0.3, -0.25) is 4.79 Å². The highest BCUT2D eigenvalue weighted by Crippen LogP contribution is 2.38. The maximum Gasteiger partial charge on any atom is 0.407 e. The first-order valence-corrected chi connectivity index (χ1v) is 9.52. The number of amides is 1. The molecule has 7 heteroatoms. The molecular weight excluding hydrogens is 336 g/mol. The van der Waals surface area contributed by atoms with Crippen molar-refractivity contribution in [2.75, 3.05) is 14.2 Å². The molecule has 1 aliphatic carbocycles. The van der Waals surface area contributed by atoms with E-state index < -0.39 is 29.7 Å². The summed E-state index contributed by atoms with van der Waals surface area (Å²) < 4.78 is 10.2. The van der Waals surface area contributed by atoms with Crippen molar-refractivity contribution in [1.82, 2.24) is 10.6 Å². The SMILES string of the molecule is CCC(CC)C(NC)C1C(NC(=O)OC(C)(C)C)CC(C(=O)OC)C1O. The lowest BCUT2D eigenvalue weighted by Crippen LogP contribution is -2.52. The van der Waals surface area contributed by atoms with Gasteiger partial charge in [-0.2, -0.15) is 0 Å². The zero-order valence-corrected chi connectivity index (χ0v) is 17.2. The Balaban J connectivity index is 3.08. The minimum Gasteiger partial charge on any atom is -0.469 e. The molecule has 0 spiro atoms. The topological polar surface area (TPSA) is 96.9 Å². The molecule has 0 aromatic carbocycles. The molecule has 7 nitrogen and oxygen atoms in total. The highest BCUT2D eigenvalue weighted by Gasteiger charge is 2.51. The Morgan fingerprint density at radius 1 is 1.23 bits per heavy atom. The van der Waals surface area contributed by atoms with Gasteiger partial charge in [0.1, 0.15) is 5.60 Å². The van der Waals surface area contributed by atoms with Crippen LogP contribution in [0, 0.1) is 17.8 Å². The van der Waals surface area contributed by atoms with Gasteiger partial charge in [0.25, 0.3) is 0 Å². The van der Waals surface area contributed by atoms with Gasteiger partial charge in [-0.1, -0.05) is 26.7 Å². The Kier molecular flexibility index (Phi) is 8.34. The largest absolute Gasteiger partial charge is 0.469 e. The van der Waals surface area contributed by atoms with E-state index in [4.69, 9.17) is 9.47 Å². The zero-order chi connectivity index (χ0) is 20.1. The molecule has 1 aliphatic rings. The first-order chi connectivity index (χ1) is 12.1. The normalized spacial score (nSPS) is 27.3. The Hall–Kier alpha value is -1.34. The molecule has 1 rings (SSSR count). The fraction of sp³-hybridized carbons (Fsp3) is 0.895. The quantitative estimate of drug-likeness (QED) is 0.592. The van der Waals surface area contributed by atoms with Gasteiger partial charge < -0.3 is 25.2 Å². The minimum atomic E-state index is -0.888. The van der Waals surface area contributed by atoms with E-state index in [0.29, 0.717) is 12.3 Å². The number of hydrogen-bond donors (Lipinski definition) is 3. The van der Waals surface area contributed by atoms with Gasteiger partial charge in [-0.05, 0) is 40.2 Å². The molecule has 5 unspecified atom stereocenters. The number of rotatable bonds is 7. The van der Waals surface area contributed by atoms with Crippen LogP contribution in [0.5, 0.6) is 0 Å². The third kappa shape index (κ3) is 5.58. The summed E-state index contributed by atoms with van der Waals surface area (Å²) in [6.07, 6.45) is 0.779. The molecule has 26 heavy (non-hydrogen) atoms. The predicted octanol–water partition coefficient (Wildman–Crippen LogP) is 2.07. The van der Waals surface area contributed by atoms with E-state index in [1.807, 2.05) is 7.05 Å². The van der Waals surface area contributed by atoms with E-state index in [2.05, 4.69) is 24.5 Å². The Morgan fingerprint density at radius 2 is 1.81 bits per heavy atom. The van der Waals surface area contributed by atoms with Crippen LogP contribution in [0.25, 0.3) is 0 Å². The second kappa shape index (κ2) is 9.55. The fourth-order valence-corrected chi connectivity index (χ4v) is 4.08. The van der Waals surface area contributed by atoms with E-state index in [1.165, 1.54) is 7.11 Å². The maximum absolute atomic E-state index is 12.3. The van der Waals surface area contributed by atoms with Crippen LogP contribution in [0.15, 0.2) is 0 Å². The number of aliphatic hydroxyl groups excluding tert-OH is 1. The molecule has 1 saturated carbocycles. The molecule has 0 saturated heterocycles. The second-order valence-corrected chi connectivity index (χ2v) is 8.08. The average Bonchev–Trinajstić information content (AvgIpc) is 2.86. The summed E-state index contributed by atoms with van der Waals surface area (Å²) in [5, 5.41) is 17.0. The standard InChI is InChI=1S/C19H36N2O5/c1-8-11(9-2)15(20-6)14-13(21-18(24)26-19(3,4)5)10-12(16(14)22)17(23)25-7/h11-16,20,22H,8-10H2,1-7H3,(H,21,24). The molecule has 0 radical (unpaired) electrons. The number of hydrogen-bond acceptors (Lipinski definition) is 6. The van der Waals surface area contributed by atoms with Crippen LogP contribution in [0.4, 0.5) is 4.79 Å². The molecule has 3 N–H and O–H groups in total. The molecular formula is C19H36N2O5. The van der Waals surface area contributed by atoms with Crippen LogP contribution in [0.2, 0.25) is 0 Å². The number of esters is 1. The van der Waals surface area contributed by atoms with E-state index in [-0.39, 0.29) is 18.0 Å². The fourth-order valence-electron chi connectivity index (χ4n) is 4.08. The molecule has 152 valence electrons. The average molecular weight is 373 g/mol. The van der Waals surface area contributed by atoms with Crippen LogP contribution in [-0.4, -0.2) is 55.1 Å². The Bertz CT molecular complexity index is 473. The number of nitrogens with one attached hydrogen (secondary N) is 2. The molecule has 0 aliphatic heterocycles. The van der Waals surface area contributed by atoms with E-state index in [1.54, 1.807) is 20.8 Å². The summed E-state index contributed by atoms with van der Waals surface area (Å²) in [6, 6.07) is -0.406. The van der Waals surface area contributed by atoms with Gasteiger partial charge >= 0.3 is 12.1 Å². The predicted molar refractivity (Wildman–Crippen MR) is 99.7 cm³/mol. The third-order valence-corrected chi connectivity index (χ3v) is 5.29. The number of alkyl carbamates (subject to hydrolysis) is 1. The lowest BCUT2D eigenvalue weighted by molar-refractivity contribution is -0.149. The van der Waals surface area contributed by atoms with Gasteiger partial charge in [-0.25, -0.2) is 4.79 Å². The summed E-state index contributed by atoms with van der Waals surface area (Å²) in [4.78, 5) is 24.4. The van der Waals surface area contributed by atoms with E-state index >= 15 is 0 Å². The summed E-state index contributed by atoms with van der Waals surface area (Å²) in [7, 11) is 3.17. The van der Waals surface area contributed by atoms with Gasteiger partial charge in [-0.15, -0.1) is 0 Å². The third-order valence-electron chi connectivity index (χ3n) is 5.29. The molecule has 0 bridgehead atoms. The first-order valence-electron chi connectivity index (χ1n) is 9.52. The van der Waals surface area contributed by atoms with Crippen LogP contribution < -0.4 is 10.6 Å². The van der Waals surface area contributed by atoms with Crippen molar-refractivity contribution >= 4 is 12.1 Å². The van der Waals surface area contributed by atoms with E-state index in [0.717, 1.165) is 12.8 Å². The van der Waals surface area contributed by atoms with Crippen molar-refractivity contribution in [2.24, 2.45) is 17.8 Å². The van der Waals surface area contributed by atoms with Crippen molar-refractivity contribution in [2.45, 2.75) is 77.7 Å². The highest BCUT2D eigenvalue weighted by molar-refractivity contribution is 5.74. The van der Waals surface area contributed by atoms with Gasteiger partial charge in [0.2, 0.25) is 0 Å². The Labute approximate surface area is 157 Å². The first kappa shape index (κ1) is 22.7. The van der Waals surface area contributed by atoms with Crippen molar-refractivity contribution in [3.8, 4) is 0 Å². The van der Waals surface area contributed by atoms with Gasteiger partial charge in [0.15, 0.2) is 0 Å². The van der Waals surface area contributed by atoms with Gasteiger partial charge in [0, 0.05) is 18.0 Å². The van der Waals surface area contributed by atoms with Crippen LogP contribution in [-0.2, 0) is 14.3 Å². The van der Waals surface area contributed by atoms with E-state index in [9.17, 15) is 14.7 Å². The molecule has 0 aromatic heterocycles. The zero-order valence-electron chi connectivity index (χ0n) is 17.2.